The summed E-state index contributed by atoms with van der Waals surface area (Å²) in [4.78, 5) is 11.2. The van der Waals surface area contributed by atoms with E-state index in [9.17, 15) is 13.2 Å². The van der Waals surface area contributed by atoms with E-state index < -0.39 is 15.8 Å². The maximum absolute atomic E-state index is 11.8. The van der Waals surface area contributed by atoms with Gasteiger partial charge in [0.05, 0.1) is 11.5 Å². The molecule has 1 aromatic carbocycles. The van der Waals surface area contributed by atoms with Crippen LogP contribution in [0.2, 0.25) is 0 Å². The highest BCUT2D eigenvalue weighted by Crippen LogP contribution is 2.10. The van der Waals surface area contributed by atoms with Crippen LogP contribution in [0.5, 0.6) is 0 Å². The van der Waals surface area contributed by atoms with Crippen LogP contribution in [0.3, 0.4) is 0 Å². The Bertz CT molecular complexity index is 542. The second kappa shape index (κ2) is 6.76. The number of benzene rings is 1. The molecule has 0 atom stereocenters. The monoisotopic (exact) mass is 266 g/mol. The summed E-state index contributed by atoms with van der Waals surface area (Å²) in [5.74, 6) is -0.501. The average molecular weight is 266 g/mol. The fraction of sp³-hybridized carbons (Fsp3) is 0.154. The van der Waals surface area contributed by atoms with Gasteiger partial charge < -0.3 is 4.74 Å². The Morgan fingerprint density at radius 1 is 1.22 bits per heavy atom. The number of allylic oxidation sites excluding steroid dienone is 2. The van der Waals surface area contributed by atoms with Gasteiger partial charge in [0.15, 0.2) is 9.84 Å². The molecular formula is C13H14O4S. The molecule has 5 heteroatoms. The lowest BCUT2D eigenvalue weighted by molar-refractivity contribution is -0.137. The summed E-state index contributed by atoms with van der Waals surface area (Å²) in [7, 11) is -3.45. The largest absolute Gasteiger partial charge is 0.463 e. The van der Waals surface area contributed by atoms with Gasteiger partial charge in [-0.3, -0.25) is 0 Å². The van der Waals surface area contributed by atoms with Gasteiger partial charge in [-0.15, -0.1) is 0 Å². The summed E-state index contributed by atoms with van der Waals surface area (Å²) in [6.07, 6.45) is 3.79. The second-order valence-electron chi connectivity index (χ2n) is 3.30. The Labute approximate surface area is 107 Å². The molecule has 0 aliphatic rings. The number of carbonyl (C=O) groups excluding carboxylic acids is 1. The van der Waals surface area contributed by atoms with Crippen LogP contribution in [0.1, 0.15) is 6.92 Å². The summed E-state index contributed by atoms with van der Waals surface area (Å²) in [6.45, 7) is 1.98. The van der Waals surface area contributed by atoms with Crippen LogP contribution in [0.15, 0.2) is 58.9 Å². The molecule has 0 saturated carbocycles. The summed E-state index contributed by atoms with van der Waals surface area (Å²) < 4.78 is 28.2. The van der Waals surface area contributed by atoms with Crippen LogP contribution in [-0.4, -0.2) is 21.0 Å². The van der Waals surface area contributed by atoms with Crippen LogP contribution < -0.4 is 0 Å². The number of ether oxygens (including phenoxy) is 1. The van der Waals surface area contributed by atoms with E-state index in [1.165, 1.54) is 30.4 Å². The third kappa shape index (κ3) is 4.55. The first-order chi connectivity index (χ1) is 8.56. The van der Waals surface area contributed by atoms with Crippen LogP contribution >= 0.6 is 0 Å². The molecule has 4 nitrogen and oxygen atoms in total. The smallest absolute Gasteiger partial charge is 0.330 e. The molecule has 0 amide bonds. The topological polar surface area (TPSA) is 60.4 Å². The first-order valence-electron chi connectivity index (χ1n) is 5.38. The van der Waals surface area contributed by atoms with Gasteiger partial charge in [-0.25, -0.2) is 13.2 Å². The lowest BCUT2D eigenvalue weighted by Crippen LogP contribution is -1.98. The first kappa shape index (κ1) is 14.2. The highest BCUT2D eigenvalue weighted by atomic mass is 32.2. The normalized spacial score (nSPS) is 12.1. The molecule has 1 aromatic rings. The zero-order valence-electron chi connectivity index (χ0n) is 9.94. The molecule has 0 aliphatic heterocycles. The summed E-state index contributed by atoms with van der Waals surface area (Å²) >= 11 is 0. The molecule has 0 radical (unpaired) electrons. The van der Waals surface area contributed by atoms with Crippen molar-refractivity contribution in [3.8, 4) is 0 Å². The maximum atomic E-state index is 11.8. The van der Waals surface area contributed by atoms with Gasteiger partial charge in [0.2, 0.25) is 0 Å². The Hall–Kier alpha value is -1.88. The van der Waals surface area contributed by atoms with E-state index in [0.29, 0.717) is 0 Å². The molecule has 0 fully saturated rings. The number of carbonyl (C=O) groups is 1. The lowest BCUT2D eigenvalue weighted by atomic mass is 10.4. The van der Waals surface area contributed by atoms with Crippen molar-refractivity contribution < 1.29 is 17.9 Å². The highest BCUT2D eigenvalue weighted by Gasteiger charge is 2.07. The van der Waals surface area contributed by atoms with E-state index in [1.54, 1.807) is 25.1 Å². The summed E-state index contributed by atoms with van der Waals surface area (Å²) in [5.41, 5.74) is 0. The van der Waals surface area contributed by atoms with Gasteiger partial charge in [-0.2, -0.15) is 0 Å². The van der Waals surface area contributed by atoms with Gasteiger partial charge in [0.25, 0.3) is 0 Å². The second-order valence-corrected chi connectivity index (χ2v) is 5.13. The standard InChI is InChI=1S/C13H14O4S/c1-2-17-13(14)10-6-7-11-18(15,16)12-8-4-3-5-9-12/h3-11H,2H2,1H3/b10-6+,11-7+. The van der Waals surface area contributed by atoms with Crippen LogP contribution in [0, 0.1) is 0 Å². The Morgan fingerprint density at radius 2 is 1.89 bits per heavy atom. The van der Waals surface area contributed by atoms with Crippen molar-refractivity contribution in [3.63, 3.8) is 0 Å². The van der Waals surface area contributed by atoms with Crippen molar-refractivity contribution in [2.45, 2.75) is 11.8 Å². The summed E-state index contributed by atoms with van der Waals surface area (Å²) in [5, 5.41) is 1.04. The van der Waals surface area contributed by atoms with Gasteiger partial charge in [0.1, 0.15) is 0 Å². The number of esters is 1. The average Bonchev–Trinajstić information content (AvgIpc) is 2.36. The maximum Gasteiger partial charge on any atom is 0.330 e. The number of sulfone groups is 1. The van der Waals surface area contributed by atoms with Crippen molar-refractivity contribution in [2.24, 2.45) is 0 Å². The summed E-state index contributed by atoms with van der Waals surface area (Å²) in [6, 6.07) is 8.05. The molecule has 1 rings (SSSR count). The Morgan fingerprint density at radius 3 is 2.50 bits per heavy atom. The van der Waals surface area contributed by atoms with E-state index in [-0.39, 0.29) is 11.5 Å². The van der Waals surface area contributed by atoms with Crippen LogP contribution in [0.4, 0.5) is 0 Å². The van der Waals surface area contributed by atoms with Crippen molar-refractivity contribution >= 4 is 15.8 Å². The van der Waals surface area contributed by atoms with E-state index in [4.69, 9.17) is 0 Å². The quantitative estimate of drug-likeness (QED) is 0.465. The molecule has 18 heavy (non-hydrogen) atoms. The number of hydrogen-bond donors (Lipinski definition) is 0. The minimum Gasteiger partial charge on any atom is -0.463 e. The van der Waals surface area contributed by atoms with E-state index in [0.717, 1.165) is 5.41 Å². The fourth-order valence-corrected chi connectivity index (χ4v) is 2.15. The van der Waals surface area contributed by atoms with Gasteiger partial charge in [-0.1, -0.05) is 30.4 Å². The molecule has 0 spiro atoms. The first-order valence-corrected chi connectivity index (χ1v) is 6.92. The van der Waals surface area contributed by atoms with Crippen LogP contribution in [-0.2, 0) is 19.4 Å². The fourth-order valence-electron chi connectivity index (χ4n) is 1.16. The van der Waals surface area contributed by atoms with Crippen molar-refractivity contribution in [2.75, 3.05) is 6.61 Å². The Balaban J connectivity index is 2.70. The lowest BCUT2D eigenvalue weighted by Gasteiger charge is -1.96. The minimum atomic E-state index is -3.45. The SMILES string of the molecule is CCOC(=O)/C=C/C=C/S(=O)(=O)c1ccccc1. The van der Waals surface area contributed by atoms with Gasteiger partial charge in [0, 0.05) is 11.5 Å². The van der Waals surface area contributed by atoms with E-state index in [1.807, 2.05) is 0 Å². The predicted octanol–water partition coefficient (Wildman–Crippen LogP) is 2.09. The molecule has 0 unspecified atom stereocenters. The minimum absolute atomic E-state index is 0.214. The molecule has 96 valence electrons. The molecule has 0 saturated heterocycles. The van der Waals surface area contributed by atoms with Crippen LogP contribution in [0.25, 0.3) is 0 Å². The zero-order valence-corrected chi connectivity index (χ0v) is 10.8. The number of rotatable bonds is 5. The highest BCUT2D eigenvalue weighted by molar-refractivity contribution is 7.94. The molecule has 0 aromatic heterocycles. The van der Waals surface area contributed by atoms with E-state index in [2.05, 4.69) is 4.74 Å². The number of hydrogen-bond acceptors (Lipinski definition) is 4. The molecule has 0 heterocycles. The third-order valence-corrected chi connectivity index (χ3v) is 3.40. The molecular weight excluding hydrogens is 252 g/mol. The van der Waals surface area contributed by atoms with Crippen molar-refractivity contribution in [1.82, 2.24) is 0 Å². The third-order valence-electron chi connectivity index (χ3n) is 1.96. The predicted molar refractivity (Wildman–Crippen MR) is 68.5 cm³/mol. The zero-order chi connectivity index (χ0) is 13.4. The van der Waals surface area contributed by atoms with Crippen molar-refractivity contribution in [1.29, 1.82) is 0 Å². The van der Waals surface area contributed by atoms with Gasteiger partial charge in [-0.05, 0) is 19.1 Å². The molecule has 0 bridgehead atoms. The van der Waals surface area contributed by atoms with E-state index >= 15 is 0 Å². The molecule has 0 aliphatic carbocycles. The Kier molecular flexibility index (Phi) is 5.32. The molecule has 0 N–H and O–H groups in total. The van der Waals surface area contributed by atoms with Gasteiger partial charge >= 0.3 is 5.97 Å². The van der Waals surface area contributed by atoms with Crippen molar-refractivity contribution in [3.05, 3.63) is 54.0 Å².